The fourth-order valence-electron chi connectivity index (χ4n) is 0.933. The molecule has 0 atom stereocenters. The van der Waals surface area contributed by atoms with Crippen molar-refractivity contribution in [2.75, 3.05) is 0 Å². The summed E-state index contributed by atoms with van der Waals surface area (Å²) in [6.45, 7) is 0. The van der Waals surface area contributed by atoms with Gasteiger partial charge in [0, 0.05) is 22.7 Å². The minimum Gasteiger partial charge on any atom is -0.293 e. The average molecular weight is 257 g/mol. The van der Waals surface area contributed by atoms with Gasteiger partial charge in [0.25, 0.3) is 0 Å². The maximum atomic E-state index is 11.5. The second-order valence-corrected chi connectivity index (χ2v) is 4.44. The molecule has 13 heavy (non-hydrogen) atoms. The van der Waals surface area contributed by atoms with Crippen molar-refractivity contribution in [3.05, 3.63) is 20.8 Å². The maximum Gasteiger partial charge on any atom is 0.172 e. The summed E-state index contributed by atoms with van der Waals surface area (Å²) in [7, 11) is 0. The molecule has 0 aliphatic carbocycles. The lowest BCUT2D eigenvalue weighted by Gasteiger charge is -1.93. The van der Waals surface area contributed by atoms with E-state index < -0.39 is 0 Å². The van der Waals surface area contributed by atoms with Crippen molar-refractivity contribution in [1.82, 2.24) is 0 Å². The van der Waals surface area contributed by atoms with Crippen molar-refractivity contribution in [2.24, 2.45) is 0 Å². The van der Waals surface area contributed by atoms with Crippen molar-refractivity contribution in [3.8, 4) is 12.3 Å². The smallest absolute Gasteiger partial charge is 0.172 e. The van der Waals surface area contributed by atoms with Gasteiger partial charge in [0.2, 0.25) is 0 Å². The summed E-state index contributed by atoms with van der Waals surface area (Å²) >= 11 is 4.78. The van der Waals surface area contributed by atoms with E-state index in [-0.39, 0.29) is 5.78 Å². The SMILES string of the molecule is C#CCCCC(=O)c1cc(Br)cs1. The summed E-state index contributed by atoms with van der Waals surface area (Å²) in [5.41, 5.74) is 0. The molecule has 1 nitrogen and oxygen atoms in total. The Balaban J connectivity index is 2.45. The third kappa shape index (κ3) is 3.33. The van der Waals surface area contributed by atoms with Gasteiger partial charge in [-0.3, -0.25) is 4.79 Å². The normalized spacial score (nSPS) is 9.54. The van der Waals surface area contributed by atoms with E-state index in [2.05, 4.69) is 21.9 Å². The quantitative estimate of drug-likeness (QED) is 0.458. The maximum absolute atomic E-state index is 11.5. The van der Waals surface area contributed by atoms with E-state index in [0.29, 0.717) is 12.8 Å². The molecule has 0 N–H and O–H groups in total. The van der Waals surface area contributed by atoms with Gasteiger partial charge in [-0.2, -0.15) is 0 Å². The first kappa shape index (κ1) is 10.5. The van der Waals surface area contributed by atoms with Gasteiger partial charge in [-0.1, -0.05) is 0 Å². The Morgan fingerprint density at radius 3 is 3.00 bits per heavy atom. The van der Waals surface area contributed by atoms with E-state index in [9.17, 15) is 4.79 Å². The second-order valence-electron chi connectivity index (χ2n) is 2.61. The van der Waals surface area contributed by atoms with Crippen molar-refractivity contribution < 1.29 is 4.79 Å². The fourth-order valence-corrected chi connectivity index (χ4v) is 2.33. The highest BCUT2D eigenvalue weighted by atomic mass is 79.9. The molecule has 0 amide bonds. The molecule has 0 spiro atoms. The first-order valence-corrected chi connectivity index (χ1v) is 5.62. The van der Waals surface area contributed by atoms with E-state index >= 15 is 0 Å². The van der Waals surface area contributed by atoms with Crippen LogP contribution in [0.1, 0.15) is 28.9 Å². The van der Waals surface area contributed by atoms with Crippen LogP contribution in [-0.2, 0) is 0 Å². The summed E-state index contributed by atoms with van der Waals surface area (Å²) in [6.07, 6.45) is 7.11. The summed E-state index contributed by atoms with van der Waals surface area (Å²) in [6, 6.07) is 1.85. The van der Waals surface area contributed by atoms with Gasteiger partial charge >= 0.3 is 0 Å². The van der Waals surface area contributed by atoms with Crippen molar-refractivity contribution in [3.63, 3.8) is 0 Å². The predicted molar refractivity (Wildman–Crippen MR) is 59.0 cm³/mol. The Bertz CT molecular complexity index is 335. The highest BCUT2D eigenvalue weighted by molar-refractivity contribution is 9.10. The number of carbonyl (C=O) groups excluding carboxylic acids is 1. The van der Waals surface area contributed by atoms with Gasteiger partial charge in [-0.25, -0.2) is 0 Å². The first-order valence-electron chi connectivity index (χ1n) is 3.94. The number of hydrogen-bond acceptors (Lipinski definition) is 2. The summed E-state index contributed by atoms with van der Waals surface area (Å²) in [5.74, 6) is 2.71. The van der Waals surface area contributed by atoms with E-state index in [0.717, 1.165) is 15.8 Å². The van der Waals surface area contributed by atoms with Crippen LogP contribution in [0.25, 0.3) is 0 Å². The minimum atomic E-state index is 0.186. The Morgan fingerprint density at radius 2 is 2.46 bits per heavy atom. The van der Waals surface area contributed by atoms with E-state index in [4.69, 9.17) is 6.42 Å². The van der Waals surface area contributed by atoms with Crippen LogP contribution in [0.2, 0.25) is 0 Å². The number of hydrogen-bond donors (Lipinski definition) is 0. The Kier molecular flexibility index (Phi) is 4.20. The molecule has 3 heteroatoms. The molecule has 68 valence electrons. The molecule has 0 saturated carbocycles. The molecule has 0 saturated heterocycles. The zero-order valence-corrected chi connectivity index (χ0v) is 9.45. The van der Waals surface area contributed by atoms with Crippen LogP contribution in [0.3, 0.4) is 0 Å². The first-order chi connectivity index (χ1) is 6.24. The molecule has 0 bridgehead atoms. The van der Waals surface area contributed by atoms with Gasteiger partial charge in [0.1, 0.15) is 0 Å². The van der Waals surface area contributed by atoms with Gasteiger partial charge in [0.15, 0.2) is 5.78 Å². The molecule has 0 aliphatic heterocycles. The number of halogens is 1. The number of thiophene rings is 1. The monoisotopic (exact) mass is 256 g/mol. The summed E-state index contributed by atoms with van der Waals surface area (Å²) < 4.78 is 0.970. The summed E-state index contributed by atoms with van der Waals surface area (Å²) in [4.78, 5) is 12.3. The second kappa shape index (κ2) is 5.21. The molecule has 1 heterocycles. The molecule has 1 rings (SSSR count). The lowest BCUT2D eigenvalue weighted by molar-refractivity contribution is 0.0984. The standard InChI is InChI=1S/C10H9BrOS/c1-2-3-4-5-9(12)10-6-8(11)7-13-10/h1,6-7H,3-5H2. The van der Waals surface area contributed by atoms with Crippen molar-refractivity contribution in [1.29, 1.82) is 0 Å². The van der Waals surface area contributed by atoms with Crippen LogP contribution in [0, 0.1) is 12.3 Å². The van der Waals surface area contributed by atoms with Gasteiger partial charge in [0.05, 0.1) is 4.88 Å². The van der Waals surface area contributed by atoms with Crippen LogP contribution in [0.4, 0.5) is 0 Å². The fraction of sp³-hybridized carbons (Fsp3) is 0.300. The van der Waals surface area contributed by atoms with Crippen LogP contribution in [0.15, 0.2) is 15.9 Å². The highest BCUT2D eigenvalue weighted by Gasteiger charge is 2.07. The Hall–Kier alpha value is -0.590. The number of Topliss-reactive ketones (excluding diaryl/α,β-unsaturated/α-hetero) is 1. The Morgan fingerprint density at radius 1 is 1.69 bits per heavy atom. The zero-order valence-electron chi connectivity index (χ0n) is 7.05. The van der Waals surface area contributed by atoms with Crippen LogP contribution < -0.4 is 0 Å². The molecule has 1 aromatic rings. The Labute approximate surface area is 90.3 Å². The van der Waals surface area contributed by atoms with Crippen molar-refractivity contribution >= 4 is 33.0 Å². The minimum absolute atomic E-state index is 0.186. The predicted octanol–water partition coefficient (Wildman–Crippen LogP) is 3.50. The molecule has 1 aromatic heterocycles. The largest absolute Gasteiger partial charge is 0.293 e. The third-order valence-electron chi connectivity index (χ3n) is 1.57. The van der Waals surface area contributed by atoms with Gasteiger partial charge < -0.3 is 0 Å². The number of rotatable bonds is 4. The number of carbonyl (C=O) groups is 1. The topological polar surface area (TPSA) is 17.1 Å². The summed E-state index contributed by atoms with van der Waals surface area (Å²) in [5, 5.41) is 1.91. The zero-order chi connectivity index (χ0) is 9.68. The molecule has 0 unspecified atom stereocenters. The molecular formula is C10H9BrOS. The highest BCUT2D eigenvalue weighted by Crippen LogP contribution is 2.21. The van der Waals surface area contributed by atoms with Crippen LogP contribution in [0.5, 0.6) is 0 Å². The van der Waals surface area contributed by atoms with Crippen LogP contribution >= 0.6 is 27.3 Å². The molecule has 0 aliphatic rings. The molecule has 0 fully saturated rings. The lowest BCUT2D eigenvalue weighted by atomic mass is 10.1. The van der Waals surface area contributed by atoms with Crippen molar-refractivity contribution in [2.45, 2.75) is 19.3 Å². The van der Waals surface area contributed by atoms with Crippen LogP contribution in [-0.4, -0.2) is 5.78 Å². The number of terminal acetylenes is 1. The number of unbranched alkanes of at least 4 members (excludes halogenated alkanes) is 1. The molecule has 0 radical (unpaired) electrons. The van der Waals surface area contributed by atoms with Gasteiger partial charge in [-0.05, 0) is 28.4 Å². The van der Waals surface area contributed by atoms with E-state index in [1.54, 1.807) is 0 Å². The average Bonchev–Trinajstić information content (AvgIpc) is 2.52. The van der Waals surface area contributed by atoms with Gasteiger partial charge in [-0.15, -0.1) is 23.7 Å². The van der Waals surface area contributed by atoms with E-state index in [1.807, 2.05) is 11.4 Å². The molecular weight excluding hydrogens is 248 g/mol. The number of ketones is 1. The lowest BCUT2D eigenvalue weighted by Crippen LogP contribution is -1.94. The molecule has 0 aromatic carbocycles. The third-order valence-corrected chi connectivity index (χ3v) is 3.30. The van der Waals surface area contributed by atoms with E-state index in [1.165, 1.54) is 11.3 Å².